The number of imidazole rings is 1. The molecule has 0 saturated heterocycles. The van der Waals surface area contributed by atoms with Crippen LogP contribution in [0.25, 0.3) is 0 Å². The van der Waals surface area contributed by atoms with E-state index in [1.54, 1.807) is 18.4 Å². The molecule has 0 amide bonds. The fourth-order valence-electron chi connectivity index (χ4n) is 1.81. The molecule has 1 rings (SSSR count). The maximum Gasteiger partial charge on any atom is 0.303 e. The molecule has 0 atom stereocenters. The first-order chi connectivity index (χ1) is 9.28. The van der Waals surface area contributed by atoms with Crippen molar-refractivity contribution in [2.45, 2.75) is 51.2 Å². The van der Waals surface area contributed by atoms with E-state index in [9.17, 15) is 13.2 Å². The summed E-state index contributed by atoms with van der Waals surface area (Å²) in [6, 6.07) is -0.249. The number of rotatable bonds is 8. The number of hydrogen-bond donors (Lipinski definition) is 1. The van der Waals surface area contributed by atoms with Crippen LogP contribution in [0.4, 0.5) is 0 Å². The third kappa shape index (κ3) is 4.04. The second-order valence-electron chi connectivity index (χ2n) is 4.75. The molecule has 0 unspecified atom stereocenters. The van der Waals surface area contributed by atoms with Crippen molar-refractivity contribution < 1.29 is 18.3 Å². The van der Waals surface area contributed by atoms with Gasteiger partial charge in [0, 0.05) is 31.7 Å². The first-order valence-electron chi connectivity index (χ1n) is 6.54. The zero-order valence-corrected chi connectivity index (χ0v) is 12.8. The van der Waals surface area contributed by atoms with E-state index in [1.807, 2.05) is 6.92 Å². The standard InChI is InChI=1S/C12H21N3O4S/c1-4-14-8-11(13-9-14)20(18,19)15(10(2)3)7-5-6-12(16)17/h8-10H,4-7H2,1-3H3,(H,16,17). The van der Waals surface area contributed by atoms with Crippen LogP contribution in [0.3, 0.4) is 0 Å². The van der Waals surface area contributed by atoms with Gasteiger partial charge in [-0.2, -0.15) is 4.31 Å². The molecule has 7 nitrogen and oxygen atoms in total. The summed E-state index contributed by atoms with van der Waals surface area (Å²) in [6.07, 6.45) is 3.19. The highest BCUT2D eigenvalue weighted by Gasteiger charge is 2.28. The van der Waals surface area contributed by atoms with Crippen LogP contribution in [-0.4, -0.2) is 45.9 Å². The lowest BCUT2D eigenvalue weighted by Crippen LogP contribution is -2.38. The van der Waals surface area contributed by atoms with E-state index < -0.39 is 16.0 Å². The summed E-state index contributed by atoms with van der Waals surface area (Å²) in [5.41, 5.74) is 0. The highest BCUT2D eigenvalue weighted by Crippen LogP contribution is 2.17. The Morgan fingerprint density at radius 2 is 2.15 bits per heavy atom. The molecular weight excluding hydrogens is 282 g/mol. The molecule has 0 saturated carbocycles. The van der Waals surface area contributed by atoms with E-state index in [0.29, 0.717) is 6.54 Å². The van der Waals surface area contributed by atoms with Crippen molar-refractivity contribution in [2.24, 2.45) is 0 Å². The van der Waals surface area contributed by atoms with Crippen LogP contribution in [0.15, 0.2) is 17.6 Å². The van der Waals surface area contributed by atoms with Crippen LogP contribution in [0.1, 0.15) is 33.6 Å². The Labute approximate surface area is 119 Å². The number of sulfonamides is 1. The highest BCUT2D eigenvalue weighted by molar-refractivity contribution is 7.89. The van der Waals surface area contributed by atoms with Crippen LogP contribution in [-0.2, 0) is 21.4 Å². The van der Waals surface area contributed by atoms with Gasteiger partial charge >= 0.3 is 5.97 Å². The van der Waals surface area contributed by atoms with Gasteiger partial charge in [-0.3, -0.25) is 4.79 Å². The average Bonchev–Trinajstić information content (AvgIpc) is 2.82. The van der Waals surface area contributed by atoms with Crippen LogP contribution >= 0.6 is 0 Å². The molecular formula is C12H21N3O4S. The number of carboxylic acid groups (broad SMARTS) is 1. The van der Waals surface area contributed by atoms with Gasteiger partial charge < -0.3 is 9.67 Å². The summed E-state index contributed by atoms with van der Waals surface area (Å²) < 4.78 is 27.9. The SMILES string of the molecule is CCn1cnc(S(=O)(=O)N(CCCC(=O)O)C(C)C)c1. The molecule has 0 bridgehead atoms. The number of aliphatic carboxylic acids is 1. The summed E-state index contributed by atoms with van der Waals surface area (Å²) >= 11 is 0. The van der Waals surface area contributed by atoms with Crippen molar-refractivity contribution in [3.63, 3.8) is 0 Å². The molecule has 1 N–H and O–H groups in total. The van der Waals surface area contributed by atoms with Gasteiger partial charge in [-0.1, -0.05) is 0 Å². The van der Waals surface area contributed by atoms with Gasteiger partial charge in [0.2, 0.25) is 0 Å². The molecule has 0 spiro atoms. The molecule has 0 radical (unpaired) electrons. The molecule has 1 heterocycles. The Kier molecular flexibility index (Phi) is 5.70. The van der Waals surface area contributed by atoms with Gasteiger partial charge in [0.25, 0.3) is 10.0 Å². The third-order valence-corrected chi connectivity index (χ3v) is 4.85. The van der Waals surface area contributed by atoms with E-state index >= 15 is 0 Å². The monoisotopic (exact) mass is 303 g/mol. The largest absolute Gasteiger partial charge is 0.481 e. The Balaban J connectivity index is 2.91. The zero-order chi connectivity index (χ0) is 15.3. The Bertz CT molecular complexity index is 551. The van der Waals surface area contributed by atoms with Crippen molar-refractivity contribution in [1.82, 2.24) is 13.9 Å². The maximum absolute atomic E-state index is 12.5. The Morgan fingerprint density at radius 3 is 2.60 bits per heavy atom. The molecule has 0 aromatic carbocycles. The van der Waals surface area contributed by atoms with Crippen LogP contribution in [0.5, 0.6) is 0 Å². The second kappa shape index (κ2) is 6.85. The van der Waals surface area contributed by atoms with Gasteiger partial charge in [-0.25, -0.2) is 13.4 Å². The molecule has 0 aliphatic rings. The van der Waals surface area contributed by atoms with Crippen LogP contribution in [0, 0.1) is 0 Å². The maximum atomic E-state index is 12.5. The number of aromatic nitrogens is 2. The van der Waals surface area contributed by atoms with Crippen LogP contribution < -0.4 is 0 Å². The lowest BCUT2D eigenvalue weighted by atomic mass is 10.3. The topological polar surface area (TPSA) is 92.5 Å². The Morgan fingerprint density at radius 1 is 1.50 bits per heavy atom. The zero-order valence-electron chi connectivity index (χ0n) is 12.0. The van der Waals surface area contributed by atoms with Crippen molar-refractivity contribution in [2.75, 3.05) is 6.54 Å². The number of aryl methyl sites for hydroxylation is 1. The number of carboxylic acids is 1. The minimum atomic E-state index is -3.68. The molecule has 0 aliphatic heterocycles. The number of carbonyl (C=O) groups is 1. The van der Waals surface area contributed by atoms with Gasteiger partial charge in [0.1, 0.15) is 0 Å². The van der Waals surface area contributed by atoms with E-state index in [0.717, 1.165) is 0 Å². The second-order valence-corrected chi connectivity index (χ2v) is 6.59. The molecule has 20 heavy (non-hydrogen) atoms. The smallest absolute Gasteiger partial charge is 0.303 e. The Hall–Kier alpha value is -1.41. The summed E-state index contributed by atoms with van der Waals surface area (Å²) in [5.74, 6) is -0.929. The van der Waals surface area contributed by atoms with Crippen molar-refractivity contribution in [3.8, 4) is 0 Å². The van der Waals surface area contributed by atoms with E-state index in [2.05, 4.69) is 4.98 Å². The van der Waals surface area contributed by atoms with E-state index in [1.165, 1.54) is 16.8 Å². The normalized spacial score (nSPS) is 12.2. The minimum Gasteiger partial charge on any atom is -0.481 e. The fourth-order valence-corrected chi connectivity index (χ4v) is 3.42. The highest BCUT2D eigenvalue weighted by atomic mass is 32.2. The summed E-state index contributed by atoms with van der Waals surface area (Å²) in [4.78, 5) is 14.5. The van der Waals surface area contributed by atoms with Crippen molar-refractivity contribution >= 4 is 16.0 Å². The number of nitrogens with zero attached hydrogens (tertiary/aromatic N) is 3. The summed E-state index contributed by atoms with van der Waals surface area (Å²) in [7, 11) is -3.68. The van der Waals surface area contributed by atoms with Crippen molar-refractivity contribution in [3.05, 3.63) is 12.5 Å². The van der Waals surface area contributed by atoms with Gasteiger partial charge in [0.15, 0.2) is 5.03 Å². The molecule has 0 aliphatic carbocycles. The van der Waals surface area contributed by atoms with Crippen LogP contribution in [0.2, 0.25) is 0 Å². The van der Waals surface area contributed by atoms with E-state index in [4.69, 9.17) is 5.11 Å². The number of hydrogen-bond acceptors (Lipinski definition) is 4. The predicted molar refractivity (Wildman–Crippen MR) is 73.8 cm³/mol. The quantitative estimate of drug-likeness (QED) is 0.778. The first kappa shape index (κ1) is 16.6. The van der Waals surface area contributed by atoms with Crippen molar-refractivity contribution in [1.29, 1.82) is 0 Å². The van der Waals surface area contributed by atoms with Gasteiger partial charge in [-0.05, 0) is 27.2 Å². The molecule has 114 valence electrons. The predicted octanol–water partition coefficient (Wildman–Crippen LogP) is 1.17. The molecule has 0 fully saturated rings. The average molecular weight is 303 g/mol. The first-order valence-corrected chi connectivity index (χ1v) is 7.98. The fraction of sp³-hybridized carbons (Fsp3) is 0.667. The van der Waals surface area contributed by atoms with Gasteiger partial charge in [-0.15, -0.1) is 0 Å². The molecule has 1 aromatic rings. The minimum absolute atomic E-state index is 0.00313. The molecule has 8 heteroatoms. The lowest BCUT2D eigenvalue weighted by molar-refractivity contribution is -0.137. The summed E-state index contributed by atoms with van der Waals surface area (Å²) in [5, 5.41) is 8.64. The van der Waals surface area contributed by atoms with E-state index in [-0.39, 0.29) is 30.5 Å². The third-order valence-electron chi connectivity index (χ3n) is 2.89. The summed E-state index contributed by atoms with van der Waals surface area (Å²) in [6.45, 7) is 6.23. The van der Waals surface area contributed by atoms with Gasteiger partial charge in [0.05, 0.1) is 6.33 Å². The molecule has 1 aromatic heterocycles. The lowest BCUT2D eigenvalue weighted by Gasteiger charge is -2.24.